The van der Waals surface area contributed by atoms with Gasteiger partial charge in [0.1, 0.15) is 11.5 Å². The van der Waals surface area contributed by atoms with Gasteiger partial charge in [-0.2, -0.15) is 4.31 Å². The zero-order chi connectivity index (χ0) is 22.8. The van der Waals surface area contributed by atoms with E-state index in [0.717, 1.165) is 16.4 Å². The Bertz CT molecular complexity index is 1060. The van der Waals surface area contributed by atoms with E-state index < -0.39 is 40.2 Å². The molecule has 0 saturated heterocycles. The number of sulfonamides is 1. The summed E-state index contributed by atoms with van der Waals surface area (Å²) in [5.41, 5.74) is 1.60. The Morgan fingerprint density at radius 1 is 1.17 bits per heavy atom. The highest BCUT2D eigenvalue weighted by Gasteiger charge is 2.32. The number of Topliss-reactive ketones (excluding diaryl/α,β-unsaturated/α-hetero) is 1. The molecule has 0 unspecified atom stereocenters. The van der Waals surface area contributed by atoms with Crippen molar-refractivity contribution in [3.05, 3.63) is 52.6 Å². The molecule has 164 valence electrons. The van der Waals surface area contributed by atoms with Crippen LogP contribution < -0.4 is 0 Å². The molecule has 0 N–H and O–H groups in total. The zero-order valence-electron chi connectivity index (χ0n) is 18.0. The molecule has 0 bridgehead atoms. The number of halogens is 1. The third-order valence-electron chi connectivity index (χ3n) is 5.04. The summed E-state index contributed by atoms with van der Waals surface area (Å²) in [4.78, 5) is 25.3. The highest BCUT2D eigenvalue weighted by molar-refractivity contribution is 7.89. The molecule has 0 saturated carbocycles. The fourth-order valence-electron chi connectivity index (χ4n) is 3.57. The first-order chi connectivity index (χ1) is 14.0. The monoisotopic (exact) mass is 438 g/mol. The van der Waals surface area contributed by atoms with E-state index in [1.54, 1.807) is 32.3 Å². The molecule has 9 heteroatoms. The molecule has 1 aromatic carbocycles. The fraction of sp³-hybridized carbons (Fsp3) is 0.429. The highest BCUT2D eigenvalue weighted by Crippen LogP contribution is 2.26. The first-order valence-electron chi connectivity index (χ1n) is 9.55. The average molecular weight is 439 g/mol. The van der Waals surface area contributed by atoms with E-state index in [-0.39, 0.29) is 10.6 Å². The standard InChI is InChI=1S/C21H27FN2O5S/c1-7-23-15(5)19(14(4)20(23)21(26)29-6)18(25)12-24(13(2)3)30(27,28)17-10-8-16(22)9-11-17/h8-11,13H,7,12H2,1-6H3. The minimum Gasteiger partial charge on any atom is -0.464 e. The third kappa shape index (κ3) is 4.32. The quantitative estimate of drug-likeness (QED) is 0.466. The molecular weight excluding hydrogens is 411 g/mol. The fourth-order valence-corrected chi connectivity index (χ4v) is 5.16. The van der Waals surface area contributed by atoms with Crippen molar-refractivity contribution in [1.29, 1.82) is 0 Å². The van der Waals surface area contributed by atoms with Crippen molar-refractivity contribution < 1.29 is 27.1 Å². The van der Waals surface area contributed by atoms with Crippen LogP contribution in [0.3, 0.4) is 0 Å². The highest BCUT2D eigenvalue weighted by atomic mass is 32.2. The number of carbonyl (C=O) groups excluding carboxylic acids is 2. The molecule has 0 amide bonds. The minimum atomic E-state index is -4.03. The Labute approximate surface area is 176 Å². The number of nitrogens with zero attached hydrogens (tertiary/aromatic N) is 2. The van der Waals surface area contributed by atoms with E-state index in [2.05, 4.69) is 0 Å². The number of benzene rings is 1. The van der Waals surface area contributed by atoms with Crippen LogP contribution in [0.15, 0.2) is 29.2 Å². The molecule has 2 rings (SSSR count). The Morgan fingerprint density at radius 3 is 2.20 bits per heavy atom. The van der Waals surface area contributed by atoms with Crippen LogP contribution in [-0.4, -0.2) is 48.7 Å². The summed E-state index contributed by atoms with van der Waals surface area (Å²) in [6.07, 6.45) is 0. The predicted molar refractivity (Wildman–Crippen MR) is 111 cm³/mol. The van der Waals surface area contributed by atoms with E-state index in [1.165, 1.54) is 19.2 Å². The van der Waals surface area contributed by atoms with E-state index in [4.69, 9.17) is 4.74 Å². The van der Waals surface area contributed by atoms with Crippen molar-refractivity contribution in [3.8, 4) is 0 Å². The first-order valence-corrected chi connectivity index (χ1v) is 11.0. The number of aromatic nitrogens is 1. The maximum Gasteiger partial charge on any atom is 0.354 e. The molecule has 0 aliphatic carbocycles. The third-order valence-corrected chi connectivity index (χ3v) is 7.07. The molecule has 0 aliphatic rings. The molecule has 0 fully saturated rings. The second-order valence-electron chi connectivity index (χ2n) is 7.19. The van der Waals surface area contributed by atoms with Gasteiger partial charge in [-0.15, -0.1) is 0 Å². The molecule has 30 heavy (non-hydrogen) atoms. The van der Waals surface area contributed by atoms with E-state index >= 15 is 0 Å². The molecule has 0 atom stereocenters. The van der Waals surface area contributed by atoms with E-state index in [1.807, 2.05) is 6.92 Å². The smallest absolute Gasteiger partial charge is 0.354 e. The van der Waals surface area contributed by atoms with Gasteiger partial charge < -0.3 is 9.30 Å². The van der Waals surface area contributed by atoms with Gasteiger partial charge in [0.2, 0.25) is 10.0 Å². The lowest BCUT2D eigenvalue weighted by atomic mass is 10.1. The Balaban J connectivity index is 2.49. The number of carbonyl (C=O) groups is 2. The van der Waals surface area contributed by atoms with Crippen LogP contribution in [0, 0.1) is 19.7 Å². The molecule has 1 aromatic heterocycles. The van der Waals surface area contributed by atoms with E-state index in [0.29, 0.717) is 23.4 Å². The summed E-state index contributed by atoms with van der Waals surface area (Å²) < 4.78 is 47.0. The predicted octanol–water partition coefficient (Wildman–Crippen LogP) is 3.33. The summed E-state index contributed by atoms with van der Waals surface area (Å²) in [6.45, 7) is 8.56. The van der Waals surface area contributed by atoms with Crippen LogP contribution in [0.1, 0.15) is 52.9 Å². The molecular formula is C21H27FN2O5S. The summed E-state index contributed by atoms with van der Waals surface area (Å²) in [5, 5.41) is 0. The van der Waals surface area contributed by atoms with Crippen molar-refractivity contribution in [3.63, 3.8) is 0 Å². The second kappa shape index (κ2) is 9.09. The van der Waals surface area contributed by atoms with Crippen LogP contribution in [0.5, 0.6) is 0 Å². The van der Waals surface area contributed by atoms with Gasteiger partial charge >= 0.3 is 5.97 Å². The number of esters is 1. The zero-order valence-corrected chi connectivity index (χ0v) is 18.8. The number of hydrogen-bond donors (Lipinski definition) is 0. The van der Waals surface area contributed by atoms with Gasteiger partial charge in [-0.3, -0.25) is 4.79 Å². The molecule has 0 aliphatic heterocycles. The second-order valence-corrected chi connectivity index (χ2v) is 9.08. The van der Waals surface area contributed by atoms with Gasteiger partial charge in [0.05, 0.1) is 18.6 Å². The Morgan fingerprint density at radius 2 is 1.73 bits per heavy atom. The van der Waals surface area contributed by atoms with Crippen LogP contribution in [0.25, 0.3) is 0 Å². The minimum absolute atomic E-state index is 0.0970. The van der Waals surface area contributed by atoms with Gasteiger partial charge in [0.25, 0.3) is 0 Å². The molecule has 2 aromatic rings. The van der Waals surface area contributed by atoms with Crippen LogP contribution >= 0.6 is 0 Å². The number of methoxy groups -OCH3 is 1. The number of ether oxygens (including phenoxy) is 1. The maximum absolute atomic E-state index is 13.2. The van der Waals surface area contributed by atoms with Gasteiger partial charge in [-0.1, -0.05) is 0 Å². The lowest BCUT2D eigenvalue weighted by Crippen LogP contribution is -2.40. The van der Waals surface area contributed by atoms with Crippen molar-refractivity contribution in [1.82, 2.24) is 8.87 Å². The van der Waals surface area contributed by atoms with Crippen LogP contribution in [-0.2, 0) is 21.3 Å². The topological polar surface area (TPSA) is 85.7 Å². The first kappa shape index (κ1) is 23.8. The van der Waals surface area contributed by atoms with Gasteiger partial charge in [-0.05, 0) is 64.4 Å². The summed E-state index contributed by atoms with van der Waals surface area (Å²) in [7, 11) is -2.76. The number of rotatable bonds is 8. The number of ketones is 1. The lowest BCUT2D eigenvalue weighted by molar-refractivity contribution is 0.0587. The van der Waals surface area contributed by atoms with Gasteiger partial charge in [-0.25, -0.2) is 17.6 Å². The SMILES string of the molecule is CCn1c(C)c(C(=O)CN(C(C)C)S(=O)(=O)c2ccc(F)cc2)c(C)c1C(=O)OC. The summed E-state index contributed by atoms with van der Waals surface area (Å²) in [5.74, 6) is -1.54. The van der Waals surface area contributed by atoms with Crippen molar-refractivity contribution >= 4 is 21.8 Å². The largest absolute Gasteiger partial charge is 0.464 e. The van der Waals surface area contributed by atoms with Crippen molar-refractivity contribution in [2.45, 2.75) is 52.1 Å². The van der Waals surface area contributed by atoms with Gasteiger partial charge in [0.15, 0.2) is 5.78 Å². The summed E-state index contributed by atoms with van der Waals surface area (Å²) in [6, 6.07) is 3.95. The molecule has 0 spiro atoms. The number of hydrogen-bond acceptors (Lipinski definition) is 5. The normalized spacial score (nSPS) is 11.9. The van der Waals surface area contributed by atoms with Crippen LogP contribution in [0.2, 0.25) is 0 Å². The summed E-state index contributed by atoms with van der Waals surface area (Å²) >= 11 is 0. The Hall–Kier alpha value is -2.52. The molecule has 0 radical (unpaired) electrons. The maximum atomic E-state index is 13.2. The molecule has 1 heterocycles. The molecule has 7 nitrogen and oxygen atoms in total. The Kier molecular flexibility index (Phi) is 7.20. The van der Waals surface area contributed by atoms with Crippen LogP contribution in [0.4, 0.5) is 4.39 Å². The van der Waals surface area contributed by atoms with Crippen molar-refractivity contribution in [2.75, 3.05) is 13.7 Å². The average Bonchev–Trinajstić information content (AvgIpc) is 2.94. The van der Waals surface area contributed by atoms with Gasteiger partial charge in [0, 0.05) is 23.8 Å². The lowest BCUT2D eigenvalue weighted by Gasteiger charge is -2.25. The van der Waals surface area contributed by atoms with E-state index in [9.17, 15) is 22.4 Å². The van der Waals surface area contributed by atoms with Crippen molar-refractivity contribution in [2.24, 2.45) is 0 Å².